The normalized spacial score (nSPS) is 10.5. The molecule has 78 valence electrons. The zero-order valence-electron chi connectivity index (χ0n) is 8.73. The summed E-state index contributed by atoms with van der Waals surface area (Å²) in [5, 5.41) is 11.5. The highest BCUT2D eigenvalue weighted by Crippen LogP contribution is 2.32. The van der Waals surface area contributed by atoms with E-state index < -0.39 is 0 Å². The Hall–Kier alpha value is -1.70. The van der Waals surface area contributed by atoms with Gasteiger partial charge in [0.15, 0.2) is 0 Å². The van der Waals surface area contributed by atoms with E-state index in [2.05, 4.69) is 6.92 Å². The summed E-state index contributed by atoms with van der Waals surface area (Å²) in [5.41, 5.74) is 0. The fourth-order valence-corrected chi connectivity index (χ4v) is 1.59. The van der Waals surface area contributed by atoms with Crippen molar-refractivity contribution < 1.29 is 9.84 Å². The quantitative estimate of drug-likeness (QED) is 0.827. The van der Waals surface area contributed by atoms with Crippen LogP contribution in [-0.2, 0) is 0 Å². The van der Waals surface area contributed by atoms with Crippen LogP contribution >= 0.6 is 0 Å². The molecule has 0 atom stereocenters. The minimum atomic E-state index is 0.300. The molecule has 0 aliphatic rings. The van der Waals surface area contributed by atoms with Crippen LogP contribution in [0.5, 0.6) is 11.5 Å². The van der Waals surface area contributed by atoms with Gasteiger partial charge in [0.25, 0.3) is 0 Å². The van der Waals surface area contributed by atoms with E-state index in [9.17, 15) is 5.11 Å². The Morgan fingerprint density at radius 1 is 1.07 bits per heavy atom. The van der Waals surface area contributed by atoms with Gasteiger partial charge in [0.1, 0.15) is 11.5 Å². The fraction of sp³-hybridized carbons (Fsp3) is 0.231. The molecule has 2 aromatic carbocycles. The van der Waals surface area contributed by atoms with Crippen LogP contribution in [0.2, 0.25) is 0 Å². The van der Waals surface area contributed by atoms with E-state index in [1.807, 2.05) is 30.3 Å². The van der Waals surface area contributed by atoms with Crippen molar-refractivity contribution in [3.63, 3.8) is 0 Å². The van der Waals surface area contributed by atoms with Crippen LogP contribution in [0.3, 0.4) is 0 Å². The Balaban J connectivity index is 2.51. The van der Waals surface area contributed by atoms with Gasteiger partial charge in [-0.3, -0.25) is 0 Å². The van der Waals surface area contributed by atoms with Crippen molar-refractivity contribution in [2.45, 2.75) is 13.3 Å². The second-order valence-electron chi connectivity index (χ2n) is 3.48. The van der Waals surface area contributed by atoms with Crippen LogP contribution in [-0.4, -0.2) is 11.7 Å². The van der Waals surface area contributed by atoms with Crippen molar-refractivity contribution >= 4 is 10.8 Å². The van der Waals surface area contributed by atoms with Gasteiger partial charge in [0.2, 0.25) is 0 Å². The SMILES string of the molecule is CCCOc1ccc(O)c2ccccc12. The highest BCUT2D eigenvalue weighted by molar-refractivity contribution is 5.92. The first-order chi connectivity index (χ1) is 7.33. The Bertz CT molecular complexity index is 463. The lowest BCUT2D eigenvalue weighted by Crippen LogP contribution is -1.95. The fourth-order valence-electron chi connectivity index (χ4n) is 1.59. The molecule has 2 nitrogen and oxygen atoms in total. The van der Waals surface area contributed by atoms with Gasteiger partial charge in [-0.15, -0.1) is 0 Å². The number of fused-ring (bicyclic) bond motifs is 1. The smallest absolute Gasteiger partial charge is 0.127 e. The molecule has 0 heterocycles. The van der Waals surface area contributed by atoms with E-state index in [0.29, 0.717) is 12.4 Å². The van der Waals surface area contributed by atoms with Crippen molar-refractivity contribution in [1.82, 2.24) is 0 Å². The topological polar surface area (TPSA) is 29.5 Å². The second kappa shape index (κ2) is 4.22. The van der Waals surface area contributed by atoms with E-state index in [4.69, 9.17) is 4.74 Å². The lowest BCUT2D eigenvalue weighted by molar-refractivity contribution is 0.321. The minimum absolute atomic E-state index is 0.300. The summed E-state index contributed by atoms with van der Waals surface area (Å²) < 4.78 is 5.61. The van der Waals surface area contributed by atoms with Crippen LogP contribution in [0.15, 0.2) is 36.4 Å². The maximum absolute atomic E-state index is 9.67. The number of hydrogen-bond donors (Lipinski definition) is 1. The summed E-state index contributed by atoms with van der Waals surface area (Å²) in [7, 11) is 0. The maximum atomic E-state index is 9.67. The minimum Gasteiger partial charge on any atom is -0.507 e. The number of aromatic hydroxyl groups is 1. The predicted octanol–water partition coefficient (Wildman–Crippen LogP) is 3.33. The number of rotatable bonds is 3. The first-order valence-corrected chi connectivity index (χ1v) is 5.16. The summed E-state index contributed by atoms with van der Waals surface area (Å²) in [6.45, 7) is 2.78. The van der Waals surface area contributed by atoms with Crippen LogP contribution in [0, 0.1) is 0 Å². The number of phenolic OH excluding ortho intramolecular Hbond substituents is 1. The molecule has 0 saturated heterocycles. The highest BCUT2D eigenvalue weighted by Gasteiger charge is 2.04. The van der Waals surface area contributed by atoms with E-state index in [-0.39, 0.29) is 0 Å². The van der Waals surface area contributed by atoms with Crippen molar-refractivity contribution in [2.24, 2.45) is 0 Å². The molecular formula is C13H14O2. The molecule has 0 radical (unpaired) electrons. The Kier molecular flexibility index (Phi) is 2.77. The number of hydrogen-bond acceptors (Lipinski definition) is 2. The Morgan fingerprint density at radius 2 is 1.80 bits per heavy atom. The van der Waals surface area contributed by atoms with Gasteiger partial charge < -0.3 is 9.84 Å². The zero-order chi connectivity index (χ0) is 10.7. The van der Waals surface area contributed by atoms with E-state index in [1.165, 1.54) is 0 Å². The van der Waals surface area contributed by atoms with Gasteiger partial charge in [-0.25, -0.2) is 0 Å². The third-order valence-corrected chi connectivity index (χ3v) is 2.32. The maximum Gasteiger partial charge on any atom is 0.127 e. The summed E-state index contributed by atoms with van der Waals surface area (Å²) in [6, 6.07) is 11.2. The second-order valence-corrected chi connectivity index (χ2v) is 3.48. The van der Waals surface area contributed by atoms with E-state index in [1.54, 1.807) is 6.07 Å². The number of ether oxygens (including phenoxy) is 1. The summed E-state index contributed by atoms with van der Waals surface area (Å²) in [6.07, 6.45) is 0.981. The summed E-state index contributed by atoms with van der Waals surface area (Å²) >= 11 is 0. The predicted molar refractivity (Wildman–Crippen MR) is 61.4 cm³/mol. The van der Waals surface area contributed by atoms with Crippen molar-refractivity contribution in [2.75, 3.05) is 6.61 Å². The molecule has 2 rings (SSSR count). The molecule has 0 bridgehead atoms. The van der Waals surface area contributed by atoms with Gasteiger partial charge in [-0.1, -0.05) is 31.2 Å². The molecule has 2 aromatic rings. The molecule has 0 aliphatic heterocycles. The van der Waals surface area contributed by atoms with Gasteiger partial charge in [0, 0.05) is 10.8 Å². The van der Waals surface area contributed by atoms with Gasteiger partial charge >= 0.3 is 0 Å². The first-order valence-electron chi connectivity index (χ1n) is 5.16. The monoisotopic (exact) mass is 202 g/mol. The van der Waals surface area contributed by atoms with Crippen LogP contribution in [0.4, 0.5) is 0 Å². The number of benzene rings is 2. The van der Waals surface area contributed by atoms with Gasteiger partial charge in [0.05, 0.1) is 6.61 Å². The molecule has 0 amide bonds. The lowest BCUT2D eigenvalue weighted by Gasteiger charge is -2.09. The Labute approximate surface area is 89.1 Å². The molecule has 0 saturated carbocycles. The van der Waals surface area contributed by atoms with Crippen LogP contribution < -0.4 is 4.74 Å². The van der Waals surface area contributed by atoms with Crippen LogP contribution in [0.1, 0.15) is 13.3 Å². The molecule has 0 aliphatic carbocycles. The number of phenols is 1. The highest BCUT2D eigenvalue weighted by atomic mass is 16.5. The molecule has 1 N–H and O–H groups in total. The molecule has 15 heavy (non-hydrogen) atoms. The van der Waals surface area contributed by atoms with Gasteiger partial charge in [-0.05, 0) is 18.6 Å². The van der Waals surface area contributed by atoms with Gasteiger partial charge in [-0.2, -0.15) is 0 Å². The molecule has 0 spiro atoms. The summed E-state index contributed by atoms with van der Waals surface area (Å²) in [5.74, 6) is 1.14. The summed E-state index contributed by atoms with van der Waals surface area (Å²) in [4.78, 5) is 0. The molecular weight excluding hydrogens is 188 g/mol. The van der Waals surface area contributed by atoms with Crippen molar-refractivity contribution in [3.05, 3.63) is 36.4 Å². The molecule has 0 aromatic heterocycles. The standard InChI is InChI=1S/C13H14O2/c1-2-9-15-13-8-7-12(14)10-5-3-4-6-11(10)13/h3-8,14H,2,9H2,1H3. The zero-order valence-corrected chi connectivity index (χ0v) is 8.73. The van der Waals surface area contributed by atoms with Crippen molar-refractivity contribution in [3.8, 4) is 11.5 Å². The third kappa shape index (κ3) is 1.89. The van der Waals surface area contributed by atoms with Crippen LogP contribution in [0.25, 0.3) is 10.8 Å². The molecule has 0 fully saturated rings. The third-order valence-electron chi connectivity index (χ3n) is 2.32. The largest absolute Gasteiger partial charge is 0.507 e. The molecule has 2 heteroatoms. The average molecular weight is 202 g/mol. The van der Waals surface area contributed by atoms with E-state index >= 15 is 0 Å². The van der Waals surface area contributed by atoms with E-state index in [0.717, 1.165) is 22.9 Å². The molecule has 0 unspecified atom stereocenters. The first kappa shape index (κ1) is 9.84. The van der Waals surface area contributed by atoms with Crippen molar-refractivity contribution in [1.29, 1.82) is 0 Å². The average Bonchev–Trinajstić information content (AvgIpc) is 2.29. The Morgan fingerprint density at radius 3 is 2.53 bits per heavy atom. The lowest BCUT2D eigenvalue weighted by atomic mass is 10.1.